The van der Waals surface area contributed by atoms with E-state index in [1.165, 1.54) is 12.1 Å². The van der Waals surface area contributed by atoms with Gasteiger partial charge in [-0.3, -0.25) is 0 Å². The number of piperidine rings is 1. The Kier molecular flexibility index (Phi) is 6.09. The van der Waals surface area contributed by atoms with Crippen LogP contribution in [0, 0.1) is 5.82 Å². The van der Waals surface area contributed by atoms with Crippen molar-refractivity contribution in [3.05, 3.63) is 58.9 Å². The predicted molar refractivity (Wildman–Crippen MR) is 98.6 cm³/mol. The zero-order valence-electron chi connectivity index (χ0n) is 14.9. The van der Waals surface area contributed by atoms with Gasteiger partial charge in [-0.15, -0.1) is 13.2 Å². The molecule has 0 saturated carbocycles. The van der Waals surface area contributed by atoms with Crippen molar-refractivity contribution in [3.63, 3.8) is 0 Å². The molecule has 0 bridgehead atoms. The molecule has 0 atom stereocenters. The molecule has 0 spiro atoms. The van der Waals surface area contributed by atoms with Crippen LogP contribution in [0.3, 0.4) is 0 Å². The Morgan fingerprint density at radius 3 is 2.24 bits per heavy atom. The zero-order chi connectivity index (χ0) is 21.3. The third-order valence-corrected chi connectivity index (χ3v) is 6.49. The Bertz CT molecular complexity index is 976. The quantitative estimate of drug-likeness (QED) is 0.674. The van der Waals surface area contributed by atoms with Crippen molar-refractivity contribution in [1.82, 2.24) is 10.0 Å². The van der Waals surface area contributed by atoms with Crippen molar-refractivity contribution in [2.75, 3.05) is 13.1 Å². The molecule has 1 heterocycles. The molecule has 0 aromatic heterocycles. The molecule has 0 radical (unpaired) electrons. The molecule has 0 unspecified atom stereocenters. The standard InChI is InChI=1S/C18H17ClF4N2O3S/c19-15-6-1-12(11-16(15)20)17(7-9-24-10-8-17)25-29(26,27)14-4-2-13(3-5-14)28-18(21,22)23/h1-6,11,24-25H,7-10H2. The first-order valence-corrected chi connectivity index (χ1v) is 10.4. The van der Waals surface area contributed by atoms with Crippen LogP contribution >= 0.6 is 11.6 Å². The topological polar surface area (TPSA) is 67.4 Å². The monoisotopic (exact) mass is 452 g/mol. The minimum Gasteiger partial charge on any atom is -0.406 e. The van der Waals surface area contributed by atoms with Crippen molar-refractivity contribution >= 4 is 21.6 Å². The van der Waals surface area contributed by atoms with Gasteiger partial charge in [-0.1, -0.05) is 17.7 Å². The molecule has 1 fully saturated rings. The van der Waals surface area contributed by atoms with E-state index >= 15 is 0 Å². The summed E-state index contributed by atoms with van der Waals surface area (Å²) in [6.45, 7) is 0.982. The van der Waals surface area contributed by atoms with Crippen LogP contribution in [0.4, 0.5) is 17.6 Å². The number of hydrogen-bond donors (Lipinski definition) is 2. The Morgan fingerprint density at radius 2 is 1.69 bits per heavy atom. The molecule has 2 aromatic carbocycles. The summed E-state index contributed by atoms with van der Waals surface area (Å²) < 4.78 is 83.1. The van der Waals surface area contributed by atoms with E-state index in [9.17, 15) is 26.0 Å². The molecule has 2 aromatic rings. The van der Waals surface area contributed by atoms with E-state index in [1.54, 1.807) is 6.07 Å². The highest BCUT2D eigenvalue weighted by atomic mass is 35.5. The summed E-state index contributed by atoms with van der Waals surface area (Å²) in [5.41, 5.74) is -0.669. The van der Waals surface area contributed by atoms with Crippen molar-refractivity contribution < 1.29 is 30.7 Å². The molecule has 158 valence electrons. The van der Waals surface area contributed by atoms with Crippen molar-refractivity contribution in [2.45, 2.75) is 29.6 Å². The van der Waals surface area contributed by atoms with Crippen LogP contribution < -0.4 is 14.8 Å². The highest BCUT2D eigenvalue weighted by Crippen LogP contribution is 2.34. The Labute approximate surface area is 170 Å². The lowest BCUT2D eigenvalue weighted by Gasteiger charge is -2.38. The average Bonchev–Trinajstić information content (AvgIpc) is 2.63. The first-order chi connectivity index (χ1) is 13.5. The lowest BCUT2D eigenvalue weighted by atomic mass is 9.82. The maximum atomic E-state index is 14.0. The fourth-order valence-electron chi connectivity index (χ4n) is 3.23. The second-order valence-electron chi connectivity index (χ2n) is 6.59. The van der Waals surface area contributed by atoms with Gasteiger partial charge < -0.3 is 10.1 Å². The molecule has 0 amide bonds. The van der Waals surface area contributed by atoms with E-state index in [0.29, 0.717) is 31.5 Å². The van der Waals surface area contributed by atoms with Gasteiger partial charge in [-0.2, -0.15) is 0 Å². The van der Waals surface area contributed by atoms with Gasteiger partial charge >= 0.3 is 6.36 Å². The van der Waals surface area contributed by atoms with Crippen molar-refractivity contribution in [3.8, 4) is 5.75 Å². The molecular weight excluding hydrogens is 436 g/mol. The second-order valence-corrected chi connectivity index (χ2v) is 8.68. The van der Waals surface area contributed by atoms with E-state index in [4.69, 9.17) is 11.6 Å². The Hall–Kier alpha value is -1.88. The van der Waals surface area contributed by atoms with Gasteiger partial charge in [0.15, 0.2) is 0 Å². The summed E-state index contributed by atoms with van der Waals surface area (Å²) in [5.74, 6) is -1.21. The van der Waals surface area contributed by atoms with Gasteiger partial charge in [0.05, 0.1) is 15.5 Å². The third kappa shape index (κ3) is 5.19. The minimum absolute atomic E-state index is 0.0825. The highest BCUT2D eigenvalue weighted by molar-refractivity contribution is 7.89. The number of hydrogen-bond acceptors (Lipinski definition) is 4. The number of sulfonamides is 1. The Balaban J connectivity index is 1.91. The lowest BCUT2D eigenvalue weighted by molar-refractivity contribution is -0.274. The molecule has 2 N–H and O–H groups in total. The summed E-state index contributed by atoms with van der Waals surface area (Å²) in [6.07, 6.45) is -4.18. The second kappa shape index (κ2) is 8.10. The van der Waals surface area contributed by atoms with Gasteiger partial charge in [-0.25, -0.2) is 17.5 Å². The van der Waals surface area contributed by atoms with Crippen LogP contribution in [0.1, 0.15) is 18.4 Å². The fourth-order valence-corrected chi connectivity index (χ4v) is 4.80. The van der Waals surface area contributed by atoms with E-state index in [0.717, 1.165) is 24.3 Å². The van der Waals surface area contributed by atoms with Gasteiger partial charge in [-0.05, 0) is 67.9 Å². The van der Waals surface area contributed by atoms with E-state index < -0.39 is 33.5 Å². The van der Waals surface area contributed by atoms with Crippen molar-refractivity contribution in [2.24, 2.45) is 0 Å². The number of alkyl halides is 3. The molecule has 11 heteroatoms. The van der Waals surface area contributed by atoms with Gasteiger partial charge in [0.1, 0.15) is 11.6 Å². The number of halogens is 5. The van der Waals surface area contributed by atoms with Crippen LogP contribution in [0.5, 0.6) is 5.75 Å². The smallest absolute Gasteiger partial charge is 0.406 e. The molecule has 1 saturated heterocycles. The summed E-state index contributed by atoms with van der Waals surface area (Å²) in [4.78, 5) is -0.237. The summed E-state index contributed by atoms with van der Waals surface area (Å²) in [7, 11) is -4.12. The summed E-state index contributed by atoms with van der Waals surface area (Å²) >= 11 is 5.74. The third-order valence-electron chi connectivity index (χ3n) is 4.63. The number of rotatable bonds is 5. The van der Waals surface area contributed by atoms with E-state index in [1.807, 2.05) is 0 Å². The van der Waals surface area contributed by atoms with Crippen LogP contribution in [0.25, 0.3) is 0 Å². The number of nitrogens with one attached hydrogen (secondary N) is 2. The summed E-state index contributed by atoms with van der Waals surface area (Å²) in [5, 5.41) is 3.03. The van der Waals surface area contributed by atoms with Crippen LogP contribution in [0.15, 0.2) is 47.4 Å². The predicted octanol–water partition coefficient (Wildman–Crippen LogP) is 3.93. The maximum absolute atomic E-state index is 14.0. The molecule has 1 aliphatic heterocycles. The van der Waals surface area contributed by atoms with Crippen LogP contribution in [0.2, 0.25) is 5.02 Å². The van der Waals surface area contributed by atoms with Gasteiger partial charge in [0, 0.05) is 0 Å². The maximum Gasteiger partial charge on any atom is 0.573 e. The fraction of sp³-hybridized carbons (Fsp3) is 0.333. The molecule has 3 rings (SSSR count). The highest BCUT2D eigenvalue weighted by Gasteiger charge is 2.39. The van der Waals surface area contributed by atoms with Gasteiger partial charge in [0.25, 0.3) is 0 Å². The van der Waals surface area contributed by atoms with Gasteiger partial charge in [0.2, 0.25) is 10.0 Å². The SMILES string of the molecule is O=S(=O)(NC1(c2ccc(Cl)c(F)c2)CCNCC1)c1ccc(OC(F)(F)F)cc1. The van der Waals surface area contributed by atoms with Crippen molar-refractivity contribution in [1.29, 1.82) is 0 Å². The first-order valence-electron chi connectivity index (χ1n) is 8.57. The number of benzene rings is 2. The first kappa shape index (κ1) is 21.8. The molecule has 0 aliphatic carbocycles. The van der Waals surface area contributed by atoms with Crippen LogP contribution in [-0.2, 0) is 15.6 Å². The minimum atomic E-state index is -4.88. The normalized spacial score (nSPS) is 17.1. The number of ether oxygens (including phenoxy) is 1. The van der Waals surface area contributed by atoms with E-state index in [-0.39, 0.29) is 9.92 Å². The molecule has 29 heavy (non-hydrogen) atoms. The zero-order valence-corrected chi connectivity index (χ0v) is 16.5. The van der Waals surface area contributed by atoms with E-state index in [2.05, 4.69) is 14.8 Å². The molecule has 5 nitrogen and oxygen atoms in total. The van der Waals surface area contributed by atoms with Crippen LogP contribution in [-0.4, -0.2) is 27.9 Å². The average molecular weight is 453 g/mol. The Morgan fingerprint density at radius 1 is 1.07 bits per heavy atom. The summed E-state index contributed by atoms with van der Waals surface area (Å²) in [6, 6.07) is 7.96. The molecule has 1 aliphatic rings. The molecular formula is C18H17ClF4N2O3S. The largest absolute Gasteiger partial charge is 0.573 e. The lowest BCUT2D eigenvalue weighted by Crippen LogP contribution is -2.52.